The van der Waals surface area contributed by atoms with Crippen molar-refractivity contribution < 1.29 is 9.47 Å². The molecule has 1 aliphatic heterocycles. The molecule has 0 saturated heterocycles. The Morgan fingerprint density at radius 3 is 2.53 bits per heavy atom. The number of hydrogen-bond donors (Lipinski definition) is 1. The van der Waals surface area contributed by atoms with Crippen LogP contribution in [0.2, 0.25) is 0 Å². The molecule has 3 fully saturated rings. The van der Waals surface area contributed by atoms with E-state index in [4.69, 9.17) is 15.2 Å². The molecule has 3 heteroatoms. The Morgan fingerprint density at radius 2 is 1.80 bits per heavy atom. The zero-order valence-electron chi connectivity index (χ0n) is 8.45. The van der Waals surface area contributed by atoms with E-state index in [9.17, 15) is 0 Å². The van der Waals surface area contributed by atoms with Gasteiger partial charge in [0, 0.05) is 11.0 Å². The van der Waals surface area contributed by atoms with Crippen molar-refractivity contribution in [2.24, 2.45) is 5.73 Å². The number of nitrogens with two attached hydrogens (primary N) is 1. The average Bonchev–Trinajstić information content (AvgIpc) is 2.57. The van der Waals surface area contributed by atoms with Crippen LogP contribution in [0.4, 0.5) is 0 Å². The highest BCUT2D eigenvalue weighted by atomic mass is 16.7. The summed E-state index contributed by atoms with van der Waals surface area (Å²) >= 11 is 0. The van der Waals surface area contributed by atoms with E-state index in [1.54, 1.807) is 0 Å². The largest absolute Gasteiger partial charge is 0.454 e. The summed E-state index contributed by atoms with van der Waals surface area (Å²) in [7, 11) is 0. The maximum atomic E-state index is 6.07. The van der Waals surface area contributed by atoms with Crippen LogP contribution in [0.3, 0.4) is 0 Å². The van der Waals surface area contributed by atoms with E-state index < -0.39 is 0 Å². The Kier molecular flexibility index (Phi) is 1.14. The number of fused-ring (bicyclic) bond motifs is 1. The molecule has 15 heavy (non-hydrogen) atoms. The third kappa shape index (κ3) is 0.851. The molecule has 2 bridgehead atoms. The molecular formula is C12H13NO2. The molecule has 0 radical (unpaired) electrons. The highest BCUT2D eigenvalue weighted by Crippen LogP contribution is 2.66. The first-order chi connectivity index (χ1) is 7.19. The smallest absolute Gasteiger partial charge is 0.231 e. The maximum Gasteiger partial charge on any atom is 0.231 e. The topological polar surface area (TPSA) is 44.5 Å². The minimum absolute atomic E-state index is 0.163. The fourth-order valence-corrected chi connectivity index (χ4v) is 3.40. The van der Waals surface area contributed by atoms with Crippen molar-refractivity contribution in [1.82, 2.24) is 0 Å². The molecule has 1 aromatic carbocycles. The van der Waals surface area contributed by atoms with Gasteiger partial charge in [-0.05, 0) is 37.0 Å². The van der Waals surface area contributed by atoms with Gasteiger partial charge in [-0.1, -0.05) is 6.07 Å². The van der Waals surface area contributed by atoms with Crippen LogP contribution in [0, 0.1) is 0 Å². The molecule has 1 heterocycles. The standard InChI is InChI=1S/C12H13NO2/c13-12-4-11(5-12,6-12)8-1-2-9-10(3-8)15-7-14-9/h1-3H,4-7,13H2. The van der Waals surface area contributed by atoms with Gasteiger partial charge >= 0.3 is 0 Å². The van der Waals surface area contributed by atoms with Gasteiger partial charge in [0.2, 0.25) is 6.79 Å². The summed E-state index contributed by atoms with van der Waals surface area (Å²) in [4.78, 5) is 0. The molecule has 4 aliphatic rings. The van der Waals surface area contributed by atoms with E-state index in [1.165, 1.54) is 5.56 Å². The van der Waals surface area contributed by atoms with Gasteiger partial charge in [-0.15, -0.1) is 0 Å². The molecule has 1 aromatic rings. The van der Waals surface area contributed by atoms with Gasteiger partial charge in [0.1, 0.15) is 0 Å². The monoisotopic (exact) mass is 203 g/mol. The predicted molar refractivity (Wildman–Crippen MR) is 55.0 cm³/mol. The lowest BCUT2D eigenvalue weighted by Gasteiger charge is -2.69. The lowest BCUT2D eigenvalue weighted by atomic mass is 9.38. The summed E-state index contributed by atoms with van der Waals surface area (Å²) < 4.78 is 10.7. The van der Waals surface area contributed by atoms with E-state index in [-0.39, 0.29) is 5.54 Å². The first kappa shape index (κ1) is 7.99. The molecule has 3 nitrogen and oxygen atoms in total. The molecule has 0 aromatic heterocycles. The van der Waals surface area contributed by atoms with Crippen molar-refractivity contribution in [2.45, 2.75) is 30.2 Å². The molecule has 0 unspecified atom stereocenters. The highest BCUT2D eigenvalue weighted by molar-refractivity contribution is 5.50. The Bertz CT molecular complexity index is 435. The van der Waals surface area contributed by atoms with E-state index in [0.29, 0.717) is 12.2 Å². The van der Waals surface area contributed by atoms with Crippen LogP contribution in [0.5, 0.6) is 11.5 Å². The fraction of sp³-hybridized carbons (Fsp3) is 0.500. The third-order valence-electron chi connectivity index (χ3n) is 4.06. The molecule has 0 amide bonds. The number of ether oxygens (including phenoxy) is 2. The maximum absolute atomic E-state index is 6.07. The number of hydrogen-bond acceptors (Lipinski definition) is 3. The predicted octanol–water partition coefficient (Wildman–Crippen LogP) is 1.55. The molecule has 5 rings (SSSR count). The lowest BCUT2D eigenvalue weighted by Crippen LogP contribution is -2.74. The first-order valence-corrected chi connectivity index (χ1v) is 5.38. The van der Waals surface area contributed by atoms with Crippen molar-refractivity contribution in [3.63, 3.8) is 0 Å². The second-order valence-corrected chi connectivity index (χ2v) is 5.24. The van der Waals surface area contributed by atoms with Crippen LogP contribution in [0.15, 0.2) is 18.2 Å². The fourth-order valence-electron chi connectivity index (χ4n) is 3.40. The Labute approximate surface area is 88.2 Å². The first-order valence-electron chi connectivity index (χ1n) is 5.38. The summed E-state index contributed by atoms with van der Waals surface area (Å²) in [5.41, 5.74) is 7.97. The summed E-state index contributed by atoms with van der Waals surface area (Å²) in [6.07, 6.45) is 3.42. The van der Waals surface area contributed by atoms with Crippen LogP contribution in [0.25, 0.3) is 0 Å². The van der Waals surface area contributed by atoms with Gasteiger partial charge < -0.3 is 15.2 Å². The zero-order valence-corrected chi connectivity index (χ0v) is 8.45. The number of benzene rings is 1. The molecule has 3 aliphatic carbocycles. The SMILES string of the molecule is NC12CC(c3ccc4c(c3)OCO4)(C1)C2. The van der Waals surface area contributed by atoms with Crippen molar-refractivity contribution in [1.29, 1.82) is 0 Å². The van der Waals surface area contributed by atoms with Gasteiger partial charge in [-0.2, -0.15) is 0 Å². The van der Waals surface area contributed by atoms with Crippen molar-refractivity contribution in [3.8, 4) is 11.5 Å². The Morgan fingerprint density at radius 1 is 1.07 bits per heavy atom. The van der Waals surface area contributed by atoms with Crippen LogP contribution in [-0.2, 0) is 5.41 Å². The Hall–Kier alpha value is -1.22. The number of rotatable bonds is 1. The molecule has 78 valence electrons. The van der Waals surface area contributed by atoms with Crippen LogP contribution < -0.4 is 15.2 Å². The molecule has 3 saturated carbocycles. The van der Waals surface area contributed by atoms with Crippen molar-refractivity contribution in [3.05, 3.63) is 23.8 Å². The van der Waals surface area contributed by atoms with E-state index >= 15 is 0 Å². The summed E-state index contributed by atoms with van der Waals surface area (Å²) in [5, 5.41) is 0. The average molecular weight is 203 g/mol. The van der Waals surface area contributed by atoms with Gasteiger partial charge in [0.25, 0.3) is 0 Å². The zero-order chi connectivity index (χ0) is 10.1. The Balaban J connectivity index is 1.73. The highest BCUT2D eigenvalue weighted by Gasteiger charge is 2.66. The minimum atomic E-state index is 0.163. The van der Waals surface area contributed by atoms with Crippen LogP contribution in [0.1, 0.15) is 24.8 Å². The second-order valence-electron chi connectivity index (χ2n) is 5.24. The van der Waals surface area contributed by atoms with Gasteiger partial charge in [0.05, 0.1) is 0 Å². The minimum Gasteiger partial charge on any atom is -0.454 e. The van der Waals surface area contributed by atoms with Gasteiger partial charge in [0.15, 0.2) is 11.5 Å². The molecule has 0 atom stereocenters. The van der Waals surface area contributed by atoms with Gasteiger partial charge in [-0.3, -0.25) is 0 Å². The quantitative estimate of drug-likeness (QED) is 0.753. The molecule has 0 spiro atoms. The van der Waals surface area contributed by atoms with E-state index in [0.717, 1.165) is 30.8 Å². The third-order valence-corrected chi connectivity index (χ3v) is 4.06. The van der Waals surface area contributed by atoms with E-state index in [1.807, 2.05) is 6.07 Å². The summed E-state index contributed by atoms with van der Waals surface area (Å²) in [6.45, 7) is 0.354. The molecule has 2 N–H and O–H groups in total. The summed E-state index contributed by atoms with van der Waals surface area (Å²) in [6, 6.07) is 6.30. The van der Waals surface area contributed by atoms with Crippen molar-refractivity contribution >= 4 is 0 Å². The van der Waals surface area contributed by atoms with Crippen LogP contribution in [-0.4, -0.2) is 12.3 Å². The molecular weight excluding hydrogens is 190 g/mol. The van der Waals surface area contributed by atoms with Crippen molar-refractivity contribution in [2.75, 3.05) is 6.79 Å². The van der Waals surface area contributed by atoms with Gasteiger partial charge in [-0.25, -0.2) is 0 Å². The second kappa shape index (κ2) is 2.14. The van der Waals surface area contributed by atoms with E-state index in [2.05, 4.69) is 12.1 Å². The lowest BCUT2D eigenvalue weighted by molar-refractivity contribution is -0.0590. The summed E-state index contributed by atoms with van der Waals surface area (Å²) in [5.74, 6) is 1.76. The normalized spacial score (nSPS) is 39.5. The van der Waals surface area contributed by atoms with Crippen LogP contribution >= 0.6 is 0 Å².